The summed E-state index contributed by atoms with van der Waals surface area (Å²) >= 11 is 0. The molecular formula is C19H22N2. The van der Waals surface area contributed by atoms with Crippen molar-refractivity contribution >= 4 is 10.9 Å². The highest BCUT2D eigenvalue weighted by molar-refractivity contribution is 5.82. The fraction of sp³-hybridized carbons (Fsp3) is 0.421. The van der Waals surface area contributed by atoms with Gasteiger partial charge >= 0.3 is 0 Å². The van der Waals surface area contributed by atoms with E-state index in [0.717, 1.165) is 11.4 Å². The van der Waals surface area contributed by atoms with Crippen LogP contribution in [0.25, 0.3) is 10.9 Å². The van der Waals surface area contributed by atoms with Crippen molar-refractivity contribution in [1.82, 2.24) is 9.88 Å². The van der Waals surface area contributed by atoms with Gasteiger partial charge in [0.15, 0.2) is 0 Å². The Bertz CT molecular complexity index is 673. The number of para-hydroxylation sites is 1. The van der Waals surface area contributed by atoms with Crippen LogP contribution in [0.4, 0.5) is 0 Å². The van der Waals surface area contributed by atoms with Gasteiger partial charge in [-0.05, 0) is 48.9 Å². The number of rotatable bonds is 3. The maximum atomic E-state index is 4.50. The zero-order valence-electron chi connectivity index (χ0n) is 12.6. The van der Waals surface area contributed by atoms with E-state index in [1.807, 2.05) is 6.20 Å². The Labute approximate surface area is 126 Å². The Morgan fingerprint density at radius 2 is 2.19 bits per heavy atom. The summed E-state index contributed by atoms with van der Waals surface area (Å²) in [4.78, 5) is 7.18. The molecule has 108 valence electrons. The fourth-order valence-electron chi connectivity index (χ4n) is 4.54. The van der Waals surface area contributed by atoms with Crippen LogP contribution in [0, 0.1) is 5.92 Å². The Hall–Kier alpha value is -1.67. The maximum absolute atomic E-state index is 4.50. The lowest BCUT2D eigenvalue weighted by Gasteiger charge is -2.32. The Kier molecular flexibility index (Phi) is 3.07. The first-order valence-electron chi connectivity index (χ1n) is 8.01. The van der Waals surface area contributed by atoms with Crippen LogP contribution < -0.4 is 0 Å². The van der Waals surface area contributed by atoms with Crippen molar-refractivity contribution < 1.29 is 0 Å². The fourth-order valence-corrected chi connectivity index (χ4v) is 4.54. The van der Waals surface area contributed by atoms with Crippen LogP contribution in [0.3, 0.4) is 0 Å². The van der Waals surface area contributed by atoms with Crippen LogP contribution in [0.2, 0.25) is 0 Å². The summed E-state index contributed by atoms with van der Waals surface area (Å²) < 4.78 is 0. The number of benzene rings is 1. The molecule has 2 nitrogen and oxygen atoms in total. The van der Waals surface area contributed by atoms with Gasteiger partial charge in [0.05, 0.1) is 5.52 Å². The molecule has 4 rings (SSSR count). The maximum Gasteiger partial charge on any atom is 0.0704 e. The first kappa shape index (κ1) is 13.0. The number of nitrogens with zero attached hydrogens (tertiary/aromatic N) is 2. The third-order valence-electron chi connectivity index (χ3n) is 5.59. The van der Waals surface area contributed by atoms with E-state index in [2.05, 4.69) is 59.8 Å². The normalized spacial score (nSPS) is 32.4. The van der Waals surface area contributed by atoms with Gasteiger partial charge in [-0.3, -0.25) is 9.88 Å². The van der Waals surface area contributed by atoms with Crippen molar-refractivity contribution in [3.8, 4) is 0 Å². The first-order chi connectivity index (χ1) is 10.3. The van der Waals surface area contributed by atoms with E-state index in [9.17, 15) is 0 Å². The Morgan fingerprint density at radius 3 is 3.00 bits per heavy atom. The second-order valence-corrected chi connectivity index (χ2v) is 6.52. The minimum atomic E-state index is 0.547. The highest BCUT2D eigenvalue weighted by Crippen LogP contribution is 2.45. The average molecular weight is 278 g/mol. The number of fused-ring (bicyclic) bond motifs is 3. The molecular weight excluding hydrogens is 256 g/mol. The molecule has 2 fully saturated rings. The van der Waals surface area contributed by atoms with Gasteiger partial charge in [0.2, 0.25) is 0 Å². The summed E-state index contributed by atoms with van der Waals surface area (Å²) in [5.41, 5.74) is 2.56. The molecule has 2 heteroatoms. The third-order valence-corrected chi connectivity index (χ3v) is 5.59. The molecule has 0 N–H and O–H groups in total. The predicted octanol–water partition coefficient (Wildman–Crippen LogP) is 3.99. The molecule has 5 atom stereocenters. The second kappa shape index (κ2) is 4.96. The van der Waals surface area contributed by atoms with E-state index in [1.54, 1.807) is 0 Å². The average Bonchev–Trinajstić information content (AvgIpc) is 3.10. The van der Waals surface area contributed by atoms with Gasteiger partial charge in [-0.1, -0.05) is 31.2 Å². The standard InChI is InChI=1S/C19H22N2/c1-3-18-14-9-11-21(18)19(12-14)13(2)15-8-10-20-17-7-5-4-6-16(15)17/h3-8,10,13-14,18-19H,1,9,11-12H2,2H3. The predicted molar refractivity (Wildman–Crippen MR) is 87.4 cm³/mol. The summed E-state index contributed by atoms with van der Waals surface area (Å²) in [6.07, 6.45) is 6.78. The molecule has 3 heterocycles. The zero-order valence-corrected chi connectivity index (χ0v) is 12.6. The highest BCUT2D eigenvalue weighted by Gasteiger charge is 2.46. The summed E-state index contributed by atoms with van der Waals surface area (Å²) in [6, 6.07) is 12.0. The lowest BCUT2D eigenvalue weighted by atomic mass is 9.85. The van der Waals surface area contributed by atoms with Gasteiger partial charge < -0.3 is 0 Å². The smallest absolute Gasteiger partial charge is 0.0704 e. The van der Waals surface area contributed by atoms with E-state index in [-0.39, 0.29) is 0 Å². The zero-order chi connectivity index (χ0) is 14.4. The van der Waals surface area contributed by atoms with Gasteiger partial charge in [0, 0.05) is 23.7 Å². The number of hydrogen-bond donors (Lipinski definition) is 0. The van der Waals surface area contributed by atoms with Crippen LogP contribution >= 0.6 is 0 Å². The van der Waals surface area contributed by atoms with Gasteiger partial charge in [0.1, 0.15) is 0 Å². The molecule has 0 amide bonds. The van der Waals surface area contributed by atoms with Crippen LogP contribution in [-0.2, 0) is 0 Å². The lowest BCUT2D eigenvalue weighted by molar-refractivity contribution is 0.215. The molecule has 1 aromatic carbocycles. The molecule has 2 aliphatic rings. The van der Waals surface area contributed by atoms with Crippen LogP contribution in [0.5, 0.6) is 0 Å². The molecule has 2 bridgehead atoms. The second-order valence-electron chi connectivity index (χ2n) is 6.52. The molecule has 2 saturated heterocycles. The van der Waals surface area contributed by atoms with E-state index in [1.165, 1.54) is 30.3 Å². The minimum Gasteiger partial charge on any atom is -0.293 e. The molecule has 21 heavy (non-hydrogen) atoms. The lowest BCUT2D eigenvalue weighted by Crippen LogP contribution is -2.36. The van der Waals surface area contributed by atoms with Crippen molar-refractivity contribution in [1.29, 1.82) is 0 Å². The molecule has 2 aliphatic heterocycles. The molecule has 0 saturated carbocycles. The summed E-state index contributed by atoms with van der Waals surface area (Å²) in [5.74, 6) is 1.37. The first-order valence-corrected chi connectivity index (χ1v) is 8.01. The van der Waals surface area contributed by atoms with Crippen LogP contribution in [0.15, 0.2) is 49.2 Å². The molecule has 1 aromatic heterocycles. The van der Waals surface area contributed by atoms with Crippen molar-refractivity contribution in [2.24, 2.45) is 5.92 Å². The highest BCUT2D eigenvalue weighted by atomic mass is 15.2. The van der Waals surface area contributed by atoms with Crippen molar-refractivity contribution in [2.75, 3.05) is 6.54 Å². The number of aromatic nitrogens is 1. The van der Waals surface area contributed by atoms with Crippen molar-refractivity contribution in [2.45, 2.75) is 37.8 Å². The SMILES string of the molecule is C=CC1C2CCN1C(C(C)c1ccnc3ccccc13)C2. The van der Waals surface area contributed by atoms with Crippen LogP contribution in [0.1, 0.15) is 31.2 Å². The van der Waals surface area contributed by atoms with Crippen molar-refractivity contribution in [3.05, 3.63) is 54.7 Å². The van der Waals surface area contributed by atoms with Gasteiger partial charge in [-0.15, -0.1) is 6.58 Å². The summed E-state index contributed by atoms with van der Waals surface area (Å²) in [6.45, 7) is 7.67. The van der Waals surface area contributed by atoms with Crippen molar-refractivity contribution in [3.63, 3.8) is 0 Å². The van der Waals surface area contributed by atoms with Gasteiger partial charge in [-0.25, -0.2) is 0 Å². The molecule has 0 spiro atoms. The van der Waals surface area contributed by atoms with E-state index in [0.29, 0.717) is 18.0 Å². The van der Waals surface area contributed by atoms with E-state index in [4.69, 9.17) is 0 Å². The number of hydrogen-bond acceptors (Lipinski definition) is 2. The number of piperidine rings is 1. The third kappa shape index (κ3) is 1.93. The Morgan fingerprint density at radius 1 is 1.33 bits per heavy atom. The topological polar surface area (TPSA) is 16.1 Å². The largest absolute Gasteiger partial charge is 0.293 e. The summed E-state index contributed by atoms with van der Waals surface area (Å²) in [5, 5.41) is 1.31. The molecule has 0 radical (unpaired) electrons. The molecule has 0 aliphatic carbocycles. The van der Waals surface area contributed by atoms with E-state index < -0.39 is 0 Å². The quantitative estimate of drug-likeness (QED) is 0.789. The van der Waals surface area contributed by atoms with Crippen LogP contribution in [-0.4, -0.2) is 28.5 Å². The summed E-state index contributed by atoms with van der Waals surface area (Å²) in [7, 11) is 0. The van der Waals surface area contributed by atoms with Gasteiger partial charge in [-0.2, -0.15) is 0 Å². The van der Waals surface area contributed by atoms with E-state index >= 15 is 0 Å². The number of pyridine rings is 1. The molecule has 2 aromatic rings. The van der Waals surface area contributed by atoms with Gasteiger partial charge in [0.25, 0.3) is 0 Å². The monoisotopic (exact) mass is 278 g/mol. The Balaban J connectivity index is 1.71. The molecule has 5 unspecified atom stereocenters. The minimum absolute atomic E-state index is 0.547.